The molecule has 0 saturated heterocycles. The van der Waals surface area contributed by atoms with Gasteiger partial charge in [-0.2, -0.15) is 0 Å². The van der Waals surface area contributed by atoms with Gasteiger partial charge in [-0.3, -0.25) is 10.1 Å². The first-order chi connectivity index (χ1) is 8.09. The molecule has 0 spiro atoms. The fourth-order valence-electron chi connectivity index (χ4n) is 1.50. The van der Waals surface area contributed by atoms with Crippen LogP contribution >= 0.6 is 23.7 Å². The number of non-ortho nitro benzene ring substituents is 1. The normalized spacial score (nSPS) is 11.7. The van der Waals surface area contributed by atoms with Crippen LogP contribution in [0.3, 0.4) is 0 Å². The second-order valence-electron chi connectivity index (χ2n) is 3.46. The van der Waals surface area contributed by atoms with Gasteiger partial charge in [0.05, 0.1) is 11.0 Å². The van der Waals surface area contributed by atoms with Crippen LogP contribution in [0.1, 0.15) is 16.5 Å². The lowest BCUT2D eigenvalue weighted by atomic mass is 10.0. The molecule has 2 rings (SSSR count). The molecule has 0 fully saturated rings. The molecule has 0 unspecified atom stereocenters. The molecule has 1 aromatic carbocycles. The van der Waals surface area contributed by atoms with Crippen molar-refractivity contribution < 1.29 is 9.31 Å². The van der Waals surface area contributed by atoms with Crippen LogP contribution in [0.4, 0.5) is 10.1 Å². The van der Waals surface area contributed by atoms with Gasteiger partial charge in [0, 0.05) is 22.6 Å². The van der Waals surface area contributed by atoms with E-state index in [1.165, 1.54) is 17.4 Å². The molecule has 0 radical (unpaired) electrons. The van der Waals surface area contributed by atoms with Gasteiger partial charge in [-0.1, -0.05) is 6.07 Å². The molecule has 18 heavy (non-hydrogen) atoms. The molecule has 1 heterocycles. The summed E-state index contributed by atoms with van der Waals surface area (Å²) in [6, 6.07) is 6.28. The smallest absolute Gasteiger partial charge is 0.269 e. The van der Waals surface area contributed by atoms with Gasteiger partial charge in [0.25, 0.3) is 5.69 Å². The molecule has 0 bridgehead atoms. The summed E-state index contributed by atoms with van der Waals surface area (Å²) in [7, 11) is 0. The lowest BCUT2D eigenvalue weighted by Gasteiger charge is -2.10. The van der Waals surface area contributed by atoms with Crippen molar-refractivity contribution in [2.75, 3.05) is 0 Å². The third-order valence-corrected chi connectivity index (χ3v) is 3.33. The van der Waals surface area contributed by atoms with Crippen LogP contribution in [0.2, 0.25) is 0 Å². The van der Waals surface area contributed by atoms with Gasteiger partial charge in [0.2, 0.25) is 0 Å². The first-order valence-electron chi connectivity index (χ1n) is 4.82. The molecule has 96 valence electrons. The van der Waals surface area contributed by atoms with Gasteiger partial charge in [0.15, 0.2) is 0 Å². The highest BCUT2D eigenvalue weighted by atomic mass is 35.5. The summed E-state index contributed by atoms with van der Waals surface area (Å²) < 4.78 is 13.6. The maximum atomic E-state index is 13.6. The van der Waals surface area contributed by atoms with Crippen molar-refractivity contribution >= 4 is 29.4 Å². The van der Waals surface area contributed by atoms with Crippen LogP contribution in [-0.2, 0) is 0 Å². The third kappa shape index (κ3) is 2.84. The fraction of sp³-hybridized carbons (Fsp3) is 0.0909. The van der Waals surface area contributed by atoms with Crippen molar-refractivity contribution in [2.45, 2.75) is 6.04 Å². The van der Waals surface area contributed by atoms with E-state index in [9.17, 15) is 14.5 Å². The Morgan fingerprint density at radius 1 is 1.39 bits per heavy atom. The molecule has 0 aliphatic heterocycles. The summed E-state index contributed by atoms with van der Waals surface area (Å²) in [6.07, 6.45) is 0. The van der Waals surface area contributed by atoms with E-state index in [1.807, 2.05) is 5.38 Å². The van der Waals surface area contributed by atoms with E-state index >= 15 is 0 Å². The number of hydrogen-bond donors (Lipinski definition) is 1. The Morgan fingerprint density at radius 3 is 2.67 bits per heavy atom. The highest BCUT2D eigenvalue weighted by Gasteiger charge is 2.18. The third-order valence-electron chi connectivity index (χ3n) is 2.38. The number of nitrogens with two attached hydrogens (primary N) is 1. The molecule has 1 aromatic heterocycles. The number of nitro benzene ring substituents is 1. The number of rotatable bonds is 3. The van der Waals surface area contributed by atoms with E-state index in [0.717, 1.165) is 17.0 Å². The molecular formula is C11H10ClFN2O2S. The molecule has 2 aromatic rings. The largest absolute Gasteiger partial charge is 0.320 e. The van der Waals surface area contributed by atoms with Crippen molar-refractivity contribution in [3.05, 3.63) is 62.1 Å². The number of hydrogen-bond acceptors (Lipinski definition) is 4. The summed E-state index contributed by atoms with van der Waals surface area (Å²) in [5, 5.41) is 12.4. The maximum absolute atomic E-state index is 13.6. The quantitative estimate of drug-likeness (QED) is 0.696. The average molecular weight is 289 g/mol. The van der Waals surface area contributed by atoms with Crippen LogP contribution in [0.25, 0.3) is 0 Å². The number of halogens is 2. The standard InChI is InChI=1S/C11H9FN2O2S.ClH/c12-9-4-3-7(14(15)16)6-8(9)11(13)10-2-1-5-17-10;/h1-6,11H,13H2;1H/t11-;/m0./s1. The van der Waals surface area contributed by atoms with Gasteiger partial charge in [-0.25, -0.2) is 4.39 Å². The monoisotopic (exact) mass is 288 g/mol. The van der Waals surface area contributed by atoms with Crippen molar-refractivity contribution in [3.63, 3.8) is 0 Å². The lowest BCUT2D eigenvalue weighted by molar-refractivity contribution is -0.385. The highest BCUT2D eigenvalue weighted by Crippen LogP contribution is 2.28. The minimum Gasteiger partial charge on any atom is -0.320 e. The van der Waals surface area contributed by atoms with E-state index in [-0.39, 0.29) is 23.7 Å². The van der Waals surface area contributed by atoms with Crippen LogP contribution in [-0.4, -0.2) is 4.92 Å². The van der Waals surface area contributed by atoms with Gasteiger partial charge >= 0.3 is 0 Å². The molecule has 7 heteroatoms. The van der Waals surface area contributed by atoms with E-state index in [1.54, 1.807) is 12.1 Å². The molecule has 2 N–H and O–H groups in total. The van der Waals surface area contributed by atoms with E-state index in [0.29, 0.717) is 0 Å². The summed E-state index contributed by atoms with van der Waals surface area (Å²) in [5.41, 5.74) is 5.86. The number of nitrogens with zero attached hydrogens (tertiary/aromatic N) is 1. The van der Waals surface area contributed by atoms with Crippen LogP contribution in [0.5, 0.6) is 0 Å². The van der Waals surface area contributed by atoms with Gasteiger partial charge in [-0.15, -0.1) is 23.7 Å². The summed E-state index contributed by atoms with van der Waals surface area (Å²) >= 11 is 1.39. The molecular weight excluding hydrogens is 279 g/mol. The highest BCUT2D eigenvalue weighted by molar-refractivity contribution is 7.10. The van der Waals surface area contributed by atoms with Crippen molar-refractivity contribution in [2.24, 2.45) is 5.73 Å². The van der Waals surface area contributed by atoms with Crippen LogP contribution in [0, 0.1) is 15.9 Å². The Morgan fingerprint density at radius 2 is 2.11 bits per heavy atom. The second kappa shape index (κ2) is 5.90. The first-order valence-corrected chi connectivity index (χ1v) is 5.70. The Hall–Kier alpha value is -1.50. The molecule has 0 aliphatic rings. The molecule has 0 saturated carbocycles. The van der Waals surface area contributed by atoms with Crippen molar-refractivity contribution in [1.29, 1.82) is 0 Å². The van der Waals surface area contributed by atoms with Crippen molar-refractivity contribution in [3.8, 4) is 0 Å². The van der Waals surface area contributed by atoms with Crippen molar-refractivity contribution in [1.82, 2.24) is 0 Å². The Labute approximate surface area is 113 Å². The second-order valence-corrected chi connectivity index (χ2v) is 4.44. The zero-order valence-electron chi connectivity index (χ0n) is 9.08. The summed E-state index contributed by atoms with van der Waals surface area (Å²) in [4.78, 5) is 10.8. The molecule has 0 amide bonds. The fourth-order valence-corrected chi connectivity index (χ4v) is 2.25. The predicted molar refractivity (Wildman–Crippen MR) is 70.7 cm³/mol. The Bertz CT molecular complexity index is 548. The number of thiophene rings is 1. The molecule has 4 nitrogen and oxygen atoms in total. The van der Waals surface area contributed by atoms with Crippen LogP contribution in [0.15, 0.2) is 35.7 Å². The average Bonchev–Trinajstić information content (AvgIpc) is 2.81. The van der Waals surface area contributed by atoms with Crippen LogP contribution < -0.4 is 5.73 Å². The van der Waals surface area contributed by atoms with E-state index in [4.69, 9.17) is 5.73 Å². The Balaban J connectivity index is 0.00000162. The molecule has 0 aliphatic carbocycles. The van der Waals surface area contributed by atoms with Gasteiger partial charge < -0.3 is 5.73 Å². The topological polar surface area (TPSA) is 69.2 Å². The van der Waals surface area contributed by atoms with Gasteiger partial charge in [-0.05, 0) is 17.5 Å². The zero-order valence-corrected chi connectivity index (χ0v) is 10.7. The number of nitro groups is 1. The maximum Gasteiger partial charge on any atom is 0.269 e. The zero-order chi connectivity index (χ0) is 12.4. The number of benzene rings is 1. The lowest BCUT2D eigenvalue weighted by Crippen LogP contribution is -2.12. The Kier molecular flexibility index (Phi) is 4.77. The summed E-state index contributed by atoms with van der Waals surface area (Å²) in [5.74, 6) is -0.531. The van der Waals surface area contributed by atoms with Gasteiger partial charge in [0.1, 0.15) is 5.82 Å². The SMILES string of the molecule is Cl.N[C@H](c1cccs1)c1cc([N+](=O)[O-])ccc1F. The minimum atomic E-state index is -0.671. The summed E-state index contributed by atoms with van der Waals surface area (Å²) in [6.45, 7) is 0. The molecule has 1 atom stereocenters. The van der Waals surface area contributed by atoms with E-state index in [2.05, 4.69) is 0 Å². The predicted octanol–water partition coefficient (Wildman–Crippen LogP) is 3.27. The van der Waals surface area contributed by atoms with E-state index < -0.39 is 16.8 Å². The minimum absolute atomic E-state index is 0. The first kappa shape index (κ1) is 14.6.